The normalized spacial score (nSPS) is 17.5. The molecule has 3 aromatic rings. The van der Waals surface area contributed by atoms with Gasteiger partial charge < -0.3 is 29.9 Å². The molecule has 0 fully saturated rings. The van der Waals surface area contributed by atoms with Crippen molar-refractivity contribution in [2.75, 3.05) is 31.7 Å². The molecule has 44 heavy (non-hydrogen) atoms. The largest absolute Gasteiger partial charge is 0.489 e. The number of carbonyl (C=O) groups is 1. The molecule has 0 saturated carbocycles. The van der Waals surface area contributed by atoms with E-state index in [-0.39, 0.29) is 36.0 Å². The van der Waals surface area contributed by atoms with Crippen LogP contribution in [0.2, 0.25) is 0 Å². The molecule has 3 heterocycles. The number of amides is 1. The van der Waals surface area contributed by atoms with Crippen LogP contribution in [-0.4, -0.2) is 64.0 Å². The van der Waals surface area contributed by atoms with Crippen LogP contribution in [0.5, 0.6) is 11.5 Å². The van der Waals surface area contributed by atoms with E-state index in [1.807, 2.05) is 57.0 Å². The fourth-order valence-electron chi connectivity index (χ4n) is 5.12. The van der Waals surface area contributed by atoms with Crippen molar-refractivity contribution in [1.29, 1.82) is 0 Å². The fraction of sp³-hybridized carbons (Fsp3) is 0.500. The fourth-order valence-corrected chi connectivity index (χ4v) is 5.12. The molecule has 2 aliphatic rings. The highest BCUT2D eigenvalue weighted by Crippen LogP contribution is 2.43. The number of rotatable bonds is 10. The monoisotopic (exact) mass is 601 g/mol. The van der Waals surface area contributed by atoms with Crippen molar-refractivity contribution in [2.45, 2.75) is 73.5 Å². The summed E-state index contributed by atoms with van der Waals surface area (Å²) >= 11 is 0. The molecule has 0 bridgehead atoms. The molecule has 8 heteroatoms. The van der Waals surface area contributed by atoms with Crippen LogP contribution < -0.4 is 14.8 Å². The van der Waals surface area contributed by atoms with Crippen LogP contribution in [0.4, 0.5) is 5.69 Å². The van der Waals surface area contributed by atoms with Crippen LogP contribution in [0.3, 0.4) is 0 Å². The molecular weight excluding hydrogens is 554 g/mol. The highest BCUT2D eigenvalue weighted by Gasteiger charge is 2.40. The number of fused-ring (bicyclic) bond motifs is 3. The van der Waals surface area contributed by atoms with Gasteiger partial charge in [-0.1, -0.05) is 53.7 Å². The molecule has 0 spiro atoms. The quantitative estimate of drug-likeness (QED) is 0.243. The third-order valence-corrected chi connectivity index (χ3v) is 10.3. The van der Waals surface area contributed by atoms with Gasteiger partial charge in [0.15, 0.2) is 11.5 Å². The van der Waals surface area contributed by atoms with Gasteiger partial charge in [0.25, 0.3) is 5.91 Å². The van der Waals surface area contributed by atoms with Gasteiger partial charge in [0.05, 0.1) is 41.6 Å². The second-order valence-corrected chi connectivity index (χ2v) is 14.8. The Morgan fingerprint density at radius 2 is 1.61 bits per heavy atom. The number of aliphatic hydroxyl groups excluding tert-OH is 1. The van der Waals surface area contributed by atoms with E-state index in [0.29, 0.717) is 35.9 Å². The Hall–Kier alpha value is -3.62. The summed E-state index contributed by atoms with van der Waals surface area (Å²) in [7, 11) is 0. The number of aromatic nitrogens is 1. The van der Waals surface area contributed by atoms with Crippen LogP contribution in [0, 0.1) is 16.2 Å². The summed E-state index contributed by atoms with van der Waals surface area (Å²) in [6.45, 7) is 16.7. The molecule has 2 aromatic carbocycles. The molecule has 2 aliphatic heterocycles. The Kier molecular flexibility index (Phi) is 8.23. The number of ether oxygens (including phenoxy) is 2. The predicted octanol–water partition coefficient (Wildman–Crippen LogP) is 6.52. The molecule has 0 saturated heterocycles. The smallest absolute Gasteiger partial charge is 0.260 e. The predicted molar refractivity (Wildman–Crippen MR) is 175 cm³/mol. The van der Waals surface area contributed by atoms with Crippen molar-refractivity contribution in [3.05, 3.63) is 66.0 Å². The van der Waals surface area contributed by atoms with Crippen molar-refractivity contribution < 1.29 is 24.5 Å². The SMILES string of the molecule is CC(C)(O)C(C)(C)COc1cc2c(cc1OCC(C)(C)C(C)(C)CO)NCC1CC(c3ccc4ncccc4c3)=CN1C2=O. The number of benzene rings is 2. The van der Waals surface area contributed by atoms with E-state index in [1.165, 1.54) is 0 Å². The van der Waals surface area contributed by atoms with Crippen LogP contribution in [-0.2, 0) is 0 Å². The Morgan fingerprint density at radius 1 is 0.932 bits per heavy atom. The first-order valence-corrected chi connectivity index (χ1v) is 15.4. The van der Waals surface area contributed by atoms with Gasteiger partial charge in [-0.05, 0) is 61.1 Å². The Bertz CT molecular complexity index is 1580. The highest BCUT2D eigenvalue weighted by atomic mass is 16.5. The minimum atomic E-state index is -0.993. The topological polar surface area (TPSA) is 104 Å². The maximum atomic E-state index is 14.1. The lowest BCUT2D eigenvalue weighted by Crippen LogP contribution is -2.43. The van der Waals surface area contributed by atoms with Crippen LogP contribution >= 0.6 is 0 Å². The van der Waals surface area contributed by atoms with Gasteiger partial charge in [-0.2, -0.15) is 0 Å². The van der Waals surface area contributed by atoms with E-state index >= 15 is 0 Å². The van der Waals surface area contributed by atoms with Crippen molar-refractivity contribution >= 4 is 28.1 Å². The van der Waals surface area contributed by atoms with Crippen LogP contribution in [0.25, 0.3) is 16.5 Å². The van der Waals surface area contributed by atoms with Crippen molar-refractivity contribution in [1.82, 2.24) is 9.88 Å². The number of hydrogen-bond acceptors (Lipinski definition) is 7. The van der Waals surface area contributed by atoms with Gasteiger partial charge in [0.2, 0.25) is 0 Å². The molecule has 5 rings (SSSR count). The molecule has 236 valence electrons. The van der Waals surface area contributed by atoms with E-state index in [4.69, 9.17) is 9.47 Å². The highest BCUT2D eigenvalue weighted by molar-refractivity contribution is 6.03. The minimum absolute atomic E-state index is 0.0234. The molecule has 0 aliphatic carbocycles. The standard InChI is InChI=1S/C36H47N3O5/c1-33(2,20-40)34(3,4)21-43-31-17-29-27(16-30(31)44-22-35(5,6)36(7,8)42)32(41)39-19-25(15-26(39)18-38-29)23-11-12-28-24(14-23)10-9-13-37-28/h9-14,16-17,19,26,38,40,42H,15,18,20-22H2,1-8H3. The Morgan fingerprint density at radius 3 is 2.30 bits per heavy atom. The molecule has 8 nitrogen and oxygen atoms in total. The lowest BCUT2D eigenvalue weighted by molar-refractivity contribution is -0.0577. The van der Waals surface area contributed by atoms with E-state index in [1.54, 1.807) is 26.1 Å². The van der Waals surface area contributed by atoms with Gasteiger partial charge in [-0.25, -0.2) is 0 Å². The lowest BCUT2D eigenvalue weighted by atomic mass is 9.69. The number of anilines is 1. The molecule has 1 unspecified atom stereocenters. The Balaban J connectivity index is 1.47. The number of nitrogens with zero attached hydrogens (tertiary/aromatic N) is 2. The van der Waals surface area contributed by atoms with Crippen molar-refractivity contribution in [3.63, 3.8) is 0 Å². The summed E-state index contributed by atoms with van der Waals surface area (Å²) in [5, 5.41) is 25.3. The van der Waals surface area contributed by atoms with E-state index in [2.05, 4.69) is 42.3 Å². The zero-order valence-corrected chi connectivity index (χ0v) is 27.3. The summed E-state index contributed by atoms with van der Waals surface area (Å²) < 4.78 is 12.8. The molecular formula is C36H47N3O5. The molecule has 3 N–H and O–H groups in total. The number of aliphatic hydroxyl groups is 2. The zero-order chi connectivity index (χ0) is 32.1. The van der Waals surface area contributed by atoms with E-state index < -0.39 is 11.0 Å². The second kappa shape index (κ2) is 11.4. The maximum Gasteiger partial charge on any atom is 0.260 e. The van der Waals surface area contributed by atoms with Crippen molar-refractivity contribution in [3.8, 4) is 11.5 Å². The summed E-state index contributed by atoms with van der Waals surface area (Å²) in [5.74, 6) is 0.852. The molecule has 1 amide bonds. The molecule has 1 atom stereocenters. The lowest BCUT2D eigenvalue weighted by Gasteiger charge is -2.40. The third kappa shape index (κ3) is 6.02. The van der Waals surface area contributed by atoms with E-state index in [0.717, 1.165) is 28.5 Å². The average molecular weight is 602 g/mol. The third-order valence-electron chi connectivity index (χ3n) is 10.3. The number of carbonyl (C=O) groups excluding carboxylic acids is 1. The minimum Gasteiger partial charge on any atom is -0.489 e. The Labute approximate surface area is 261 Å². The maximum absolute atomic E-state index is 14.1. The first-order valence-electron chi connectivity index (χ1n) is 15.4. The van der Waals surface area contributed by atoms with Crippen LogP contribution in [0.15, 0.2) is 54.9 Å². The summed E-state index contributed by atoms with van der Waals surface area (Å²) in [5.41, 5.74) is 2.02. The number of nitrogens with one attached hydrogen (secondary N) is 1. The summed E-state index contributed by atoms with van der Waals surface area (Å²) in [6.07, 6.45) is 4.50. The second-order valence-electron chi connectivity index (χ2n) is 14.8. The molecule has 0 radical (unpaired) electrons. The number of hydrogen-bond donors (Lipinski definition) is 3. The first kappa shape index (κ1) is 31.8. The van der Waals surface area contributed by atoms with Gasteiger partial charge >= 0.3 is 0 Å². The number of pyridine rings is 1. The van der Waals surface area contributed by atoms with Gasteiger partial charge in [0.1, 0.15) is 0 Å². The summed E-state index contributed by atoms with van der Waals surface area (Å²) in [4.78, 5) is 20.3. The average Bonchev–Trinajstić information content (AvgIpc) is 3.36. The summed E-state index contributed by atoms with van der Waals surface area (Å²) in [6, 6.07) is 13.8. The van der Waals surface area contributed by atoms with E-state index in [9.17, 15) is 15.0 Å². The zero-order valence-electron chi connectivity index (χ0n) is 27.3. The van der Waals surface area contributed by atoms with Crippen molar-refractivity contribution in [2.24, 2.45) is 16.2 Å². The van der Waals surface area contributed by atoms with Crippen LogP contribution in [0.1, 0.15) is 77.7 Å². The first-order chi connectivity index (χ1) is 20.5. The van der Waals surface area contributed by atoms with Gasteiger partial charge in [0, 0.05) is 47.8 Å². The molecule has 1 aromatic heterocycles. The van der Waals surface area contributed by atoms with Gasteiger partial charge in [-0.3, -0.25) is 9.78 Å². The van der Waals surface area contributed by atoms with Gasteiger partial charge in [-0.15, -0.1) is 0 Å².